The summed E-state index contributed by atoms with van der Waals surface area (Å²) >= 11 is 0. The van der Waals surface area contributed by atoms with Gasteiger partial charge in [-0.25, -0.2) is 0 Å². The summed E-state index contributed by atoms with van der Waals surface area (Å²) in [4.78, 5) is 17.0. The van der Waals surface area contributed by atoms with E-state index in [2.05, 4.69) is 28.6 Å². The van der Waals surface area contributed by atoms with Gasteiger partial charge in [-0.1, -0.05) is 26.2 Å². The van der Waals surface area contributed by atoms with Crippen LogP contribution in [0, 0.1) is 5.92 Å². The van der Waals surface area contributed by atoms with Gasteiger partial charge in [-0.15, -0.1) is 0 Å². The Hall–Kier alpha value is -2.05. The van der Waals surface area contributed by atoms with E-state index in [1.54, 1.807) is 7.11 Å². The Bertz CT molecular complexity index is 1000. The van der Waals surface area contributed by atoms with Gasteiger partial charge in [-0.3, -0.25) is 9.69 Å². The number of ether oxygens (including phenoxy) is 1. The highest BCUT2D eigenvalue weighted by Gasteiger charge is 2.54. The van der Waals surface area contributed by atoms with Gasteiger partial charge in [0.05, 0.1) is 25.3 Å². The van der Waals surface area contributed by atoms with Crippen LogP contribution in [0.25, 0.3) is 10.9 Å². The molecule has 2 fully saturated rings. The molecule has 6 nitrogen and oxygen atoms in total. The van der Waals surface area contributed by atoms with E-state index in [4.69, 9.17) is 4.74 Å². The van der Waals surface area contributed by atoms with E-state index in [1.807, 2.05) is 17.9 Å². The fourth-order valence-corrected chi connectivity index (χ4v) is 6.70. The summed E-state index contributed by atoms with van der Waals surface area (Å²) in [5.41, 5.74) is 3.65. The van der Waals surface area contributed by atoms with Crippen LogP contribution in [-0.4, -0.2) is 65.3 Å². The maximum atomic E-state index is 12.5. The summed E-state index contributed by atoms with van der Waals surface area (Å²) < 4.78 is 7.78. The Balaban J connectivity index is 1.60. The van der Waals surface area contributed by atoms with E-state index in [0.717, 1.165) is 37.4 Å². The molecule has 32 heavy (non-hydrogen) atoms. The SMILES string of the molecule is CCC(=O)N1CC2(C1)CN(CC1CCCCC1)[C@@H](CO)c1c2c2ccc(OC)cc2n1C. The van der Waals surface area contributed by atoms with E-state index in [9.17, 15) is 9.90 Å². The van der Waals surface area contributed by atoms with Crippen LogP contribution in [0.2, 0.25) is 0 Å². The third-order valence-corrected chi connectivity index (χ3v) is 8.28. The lowest BCUT2D eigenvalue weighted by atomic mass is 9.68. The standard InChI is InChI=1S/C26H37N3O3/c1-4-23(31)29-16-26(17-29)15-28(13-18-8-6-5-7-9-18)22(14-30)25-24(26)20-11-10-19(32-3)12-21(20)27(25)2/h10-12,18,22,30H,4-9,13-17H2,1-3H3/t22-/m0/s1. The van der Waals surface area contributed by atoms with Gasteiger partial charge in [0.2, 0.25) is 5.91 Å². The molecule has 3 heterocycles. The van der Waals surface area contributed by atoms with E-state index >= 15 is 0 Å². The number of carbonyl (C=O) groups excluding carboxylic acids is 1. The molecule has 6 heteroatoms. The van der Waals surface area contributed by atoms with Gasteiger partial charge in [0.1, 0.15) is 5.75 Å². The number of benzene rings is 1. The first kappa shape index (κ1) is 21.8. The van der Waals surface area contributed by atoms with Crippen molar-refractivity contribution in [3.63, 3.8) is 0 Å². The minimum atomic E-state index is -0.0609. The normalized spacial score (nSPS) is 23.4. The molecule has 1 saturated heterocycles. The van der Waals surface area contributed by atoms with Crippen LogP contribution in [0.15, 0.2) is 18.2 Å². The zero-order valence-electron chi connectivity index (χ0n) is 19.8. The molecule has 1 N–H and O–H groups in total. The molecule has 0 unspecified atom stereocenters. The first-order chi connectivity index (χ1) is 15.5. The fraction of sp³-hybridized carbons (Fsp3) is 0.654. The number of hydrogen-bond acceptors (Lipinski definition) is 4. The molecule has 1 aromatic carbocycles. The summed E-state index contributed by atoms with van der Waals surface area (Å²) in [5, 5.41) is 11.8. The average Bonchev–Trinajstić information content (AvgIpc) is 3.09. The first-order valence-electron chi connectivity index (χ1n) is 12.3. The van der Waals surface area contributed by atoms with Gasteiger partial charge < -0.3 is 19.3 Å². The Morgan fingerprint density at radius 1 is 1.19 bits per heavy atom. The molecule has 0 bridgehead atoms. The minimum absolute atomic E-state index is 0.00290. The third kappa shape index (κ3) is 3.34. The highest BCUT2D eigenvalue weighted by atomic mass is 16.5. The second kappa shape index (κ2) is 8.38. The number of aliphatic hydroxyl groups excluding tert-OH is 1. The molecule has 5 rings (SSSR count). The lowest BCUT2D eigenvalue weighted by Gasteiger charge is -2.57. The van der Waals surface area contributed by atoms with Crippen LogP contribution < -0.4 is 4.74 Å². The monoisotopic (exact) mass is 439 g/mol. The molecule has 174 valence electrons. The van der Waals surface area contributed by atoms with E-state index in [1.165, 1.54) is 48.7 Å². The molecule has 1 aromatic heterocycles. The Morgan fingerprint density at radius 2 is 1.94 bits per heavy atom. The molecule has 1 spiro atoms. The second-order valence-corrected chi connectivity index (χ2v) is 10.2. The number of aromatic nitrogens is 1. The van der Waals surface area contributed by atoms with Crippen molar-refractivity contribution < 1.29 is 14.6 Å². The Labute approximate surface area is 191 Å². The Kier molecular flexibility index (Phi) is 5.70. The quantitative estimate of drug-likeness (QED) is 0.773. The number of likely N-dealkylation sites (tertiary alicyclic amines) is 1. The van der Waals surface area contributed by atoms with E-state index in [0.29, 0.717) is 12.3 Å². The number of aryl methyl sites for hydroxylation is 1. The number of aliphatic hydroxyl groups is 1. The minimum Gasteiger partial charge on any atom is -0.497 e. The summed E-state index contributed by atoms with van der Waals surface area (Å²) in [7, 11) is 3.82. The summed E-state index contributed by atoms with van der Waals surface area (Å²) in [6.07, 6.45) is 7.15. The van der Waals surface area contributed by atoms with Crippen LogP contribution in [0.3, 0.4) is 0 Å². The third-order valence-electron chi connectivity index (χ3n) is 8.28. The number of hydrogen-bond donors (Lipinski definition) is 1. The topological polar surface area (TPSA) is 57.9 Å². The second-order valence-electron chi connectivity index (χ2n) is 10.2. The molecule has 1 saturated carbocycles. The number of carbonyl (C=O) groups is 1. The maximum Gasteiger partial charge on any atom is 0.222 e. The summed E-state index contributed by atoms with van der Waals surface area (Å²) in [6.45, 7) is 5.57. The lowest BCUT2D eigenvalue weighted by Crippen LogP contribution is -2.67. The van der Waals surface area contributed by atoms with Crippen LogP contribution in [0.1, 0.15) is 62.7 Å². The van der Waals surface area contributed by atoms with E-state index in [-0.39, 0.29) is 24.0 Å². The van der Waals surface area contributed by atoms with Crippen molar-refractivity contribution in [2.45, 2.75) is 56.9 Å². The number of nitrogens with zero attached hydrogens (tertiary/aromatic N) is 3. The van der Waals surface area contributed by atoms with Gasteiger partial charge in [0.15, 0.2) is 0 Å². The van der Waals surface area contributed by atoms with Crippen molar-refractivity contribution in [3.05, 3.63) is 29.5 Å². The van der Waals surface area contributed by atoms with Gasteiger partial charge in [-0.2, -0.15) is 0 Å². The molecule has 1 atom stereocenters. The van der Waals surface area contributed by atoms with Gasteiger partial charge in [-0.05, 0) is 36.5 Å². The molecule has 1 aliphatic carbocycles. The number of amides is 1. The summed E-state index contributed by atoms with van der Waals surface area (Å²) in [5.74, 6) is 1.79. The van der Waals surface area contributed by atoms with Gasteiger partial charge in [0.25, 0.3) is 0 Å². The highest BCUT2D eigenvalue weighted by Crippen LogP contribution is 2.50. The van der Waals surface area contributed by atoms with Crippen LogP contribution in [-0.2, 0) is 17.3 Å². The zero-order valence-corrected chi connectivity index (χ0v) is 19.8. The molecule has 3 aliphatic rings. The van der Waals surface area contributed by atoms with Crippen molar-refractivity contribution in [2.24, 2.45) is 13.0 Å². The van der Waals surface area contributed by atoms with Crippen molar-refractivity contribution in [1.29, 1.82) is 0 Å². The van der Waals surface area contributed by atoms with Crippen LogP contribution in [0.4, 0.5) is 0 Å². The van der Waals surface area contributed by atoms with Crippen LogP contribution in [0.5, 0.6) is 5.75 Å². The predicted octanol–water partition coefficient (Wildman–Crippen LogP) is 3.61. The number of fused-ring (bicyclic) bond motifs is 4. The molecule has 2 aromatic rings. The molecular formula is C26H37N3O3. The van der Waals surface area contributed by atoms with Crippen molar-refractivity contribution >= 4 is 16.8 Å². The fourth-order valence-electron chi connectivity index (χ4n) is 6.70. The van der Waals surface area contributed by atoms with Crippen molar-refractivity contribution in [3.8, 4) is 5.75 Å². The molecule has 2 aliphatic heterocycles. The Morgan fingerprint density at radius 3 is 2.59 bits per heavy atom. The predicted molar refractivity (Wildman–Crippen MR) is 126 cm³/mol. The summed E-state index contributed by atoms with van der Waals surface area (Å²) in [6, 6.07) is 6.31. The zero-order chi connectivity index (χ0) is 22.5. The molecular weight excluding hydrogens is 402 g/mol. The molecule has 0 radical (unpaired) electrons. The van der Waals surface area contributed by atoms with E-state index < -0.39 is 0 Å². The molecule has 1 amide bonds. The van der Waals surface area contributed by atoms with Crippen LogP contribution >= 0.6 is 0 Å². The smallest absolute Gasteiger partial charge is 0.222 e. The van der Waals surface area contributed by atoms with Crippen molar-refractivity contribution in [2.75, 3.05) is 39.9 Å². The highest BCUT2D eigenvalue weighted by molar-refractivity contribution is 5.89. The first-order valence-corrected chi connectivity index (χ1v) is 12.3. The van der Waals surface area contributed by atoms with Gasteiger partial charge in [0, 0.05) is 62.2 Å². The van der Waals surface area contributed by atoms with Gasteiger partial charge >= 0.3 is 0 Å². The largest absolute Gasteiger partial charge is 0.497 e. The maximum absolute atomic E-state index is 12.5. The van der Waals surface area contributed by atoms with Crippen molar-refractivity contribution in [1.82, 2.24) is 14.4 Å². The lowest BCUT2D eigenvalue weighted by molar-refractivity contribution is -0.140. The number of rotatable bonds is 5. The average molecular weight is 440 g/mol. The number of methoxy groups -OCH3 is 1.